The summed E-state index contributed by atoms with van der Waals surface area (Å²) in [6.07, 6.45) is 0. The third-order valence-electron chi connectivity index (χ3n) is 2.80. The van der Waals surface area contributed by atoms with Gasteiger partial charge in [-0.05, 0) is 36.8 Å². The Morgan fingerprint density at radius 3 is 2.33 bits per heavy atom. The van der Waals surface area contributed by atoms with Gasteiger partial charge in [0.25, 0.3) is 0 Å². The first-order chi connectivity index (χ1) is 8.65. The standard InChI is InChI=1S/C14H16N2O2/c1-9-11(5-7-14(15)16-9)10-4-6-12(17-2)13(8-10)18-3/h4-8H,1-3H3,(H2,15,16). The van der Waals surface area contributed by atoms with Gasteiger partial charge in [-0.3, -0.25) is 0 Å². The van der Waals surface area contributed by atoms with Gasteiger partial charge >= 0.3 is 0 Å². The zero-order valence-electron chi connectivity index (χ0n) is 10.7. The molecule has 18 heavy (non-hydrogen) atoms. The first kappa shape index (κ1) is 12.2. The molecule has 4 nitrogen and oxygen atoms in total. The van der Waals surface area contributed by atoms with Crippen LogP contribution in [0.1, 0.15) is 5.69 Å². The smallest absolute Gasteiger partial charge is 0.161 e. The lowest BCUT2D eigenvalue weighted by Gasteiger charge is -2.11. The van der Waals surface area contributed by atoms with Crippen LogP contribution in [-0.4, -0.2) is 19.2 Å². The van der Waals surface area contributed by atoms with Gasteiger partial charge in [0.1, 0.15) is 5.82 Å². The van der Waals surface area contributed by atoms with Crippen LogP contribution in [0, 0.1) is 6.92 Å². The van der Waals surface area contributed by atoms with E-state index in [1.807, 2.05) is 31.2 Å². The summed E-state index contributed by atoms with van der Waals surface area (Å²) >= 11 is 0. The molecule has 0 radical (unpaired) electrons. The van der Waals surface area contributed by atoms with Crippen molar-refractivity contribution in [1.82, 2.24) is 4.98 Å². The van der Waals surface area contributed by atoms with Gasteiger partial charge in [-0.1, -0.05) is 6.07 Å². The Labute approximate surface area is 106 Å². The fourth-order valence-electron chi connectivity index (χ4n) is 1.89. The molecule has 2 aromatic rings. The number of methoxy groups -OCH3 is 2. The van der Waals surface area contributed by atoms with E-state index < -0.39 is 0 Å². The van der Waals surface area contributed by atoms with Crippen molar-refractivity contribution in [1.29, 1.82) is 0 Å². The van der Waals surface area contributed by atoms with Crippen molar-refractivity contribution in [3.63, 3.8) is 0 Å². The molecular weight excluding hydrogens is 228 g/mol. The molecule has 0 fully saturated rings. The summed E-state index contributed by atoms with van der Waals surface area (Å²) in [6.45, 7) is 1.93. The van der Waals surface area contributed by atoms with Gasteiger partial charge in [0.2, 0.25) is 0 Å². The predicted molar refractivity (Wildman–Crippen MR) is 71.9 cm³/mol. The Morgan fingerprint density at radius 2 is 1.72 bits per heavy atom. The van der Waals surface area contributed by atoms with Crippen LogP contribution in [0.4, 0.5) is 5.82 Å². The van der Waals surface area contributed by atoms with Crippen molar-refractivity contribution < 1.29 is 9.47 Å². The molecule has 4 heteroatoms. The van der Waals surface area contributed by atoms with Gasteiger partial charge in [0, 0.05) is 11.3 Å². The lowest BCUT2D eigenvalue weighted by atomic mass is 10.0. The number of aryl methyl sites for hydroxylation is 1. The summed E-state index contributed by atoms with van der Waals surface area (Å²) in [5.41, 5.74) is 8.60. The predicted octanol–water partition coefficient (Wildman–Crippen LogP) is 2.66. The van der Waals surface area contributed by atoms with E-state index in [1.165, 1.54) is 0 Å². The molecule has 0 aliphatic rings. The summed E-state index contributed by atoms with van der Waals surface area (Å²) in [5, 5.41) is 0. The Bertz CT molecular complexity index is 568. The maximum Gasteiger partial charge on any atom is 0.161 e. The summed E-state index contributed by atoms with van der Waals surface area (Å²) in [5.74, 6) is 1.94. The average molecular weight is 244 g/mol. The second-order valence-corrected chi connectivity index (χ2v) is 3.94. The lowest BCUT2D eigenvalue weighted by molar-refractivity contribution is 0.355. The van der Waals surface area contributed by atoms with Crippen LogP contribution in [-0.2, 0) is 0 Å². The maximum atomic E-state index is 5.65. The van der Waals surface area contributed by atoms with Crippen LogP contribution in [0.25, 0.3) is 11.1 Å². The monoisotopic (exact) mass is 244 g/mol. The van der Waals surface area contributed by atoms with E-state index in [0.717, 1.165) is 16.8 Å². The highest BCUT2D eigenvalue weighted by Gasteiger charge is 2.08. The number of nitrogens with two attached hydrogens (primary N) is 1. The van der Waals surface area contributed by atoms with Crippen LogP contribution in [0.3, 0.4) is 0 Å². The Morgan fingerprint density at radius 1 is 1.00 bits per heavy atom. The van der Waals surface area contributed by atoms with Crippen molar-refractivity contribution in [3.05, 3.63) is 36.0 Å². The molecule has 0 amide bonds. The molecule has 0 saturated heterocycles. The second kappa shape index (κ2) is 4.96. The normalized spacial score (nSPS) is 10.2. The van der Waals surface area contributed by atoms with Gasteiger partial charge < -0.3 is 15.2 Å². The fraction of sp³-hybridized carbons (Fsp3) is 0.214. The first-order valence-corrected chi connectivity index (χ1v) is 5.61. The molecule has 1 aromatic heterocycles. The highest BCUT2D eigenvalue weighted by atomic mass is 16.5. The highest BCUT2D eigenvalue weighted by molar-refractivity contribution is 5.69. The van der Waals surface area contributed by atoms with Crippen molar-refractivity contribution in [3.8, 4) is 22.6 Å². The van der Waals surface area contributed by atoms with Gasteiger partial charge in [0.15, 0.2) is 11.5 Å². The molecule has 1 aromatic carbocycles. The van der Waals surface area contributed by atoms with Crippen LogP contribution >= 0.6 is 0 Å². The molecule has 94 valence electrons. The average Bonchev–Trinajstić information content (AvgIpc) is 2.38. The molecule has 0 bridgehead atoms. The zero-order valence-corrected chi connectivity index (χ0v) is 10.7. The van der Waals surface area contributed by atoms with E-state index in [4.69, 9.17) is 15.2 Å². The van der Waals surface area contributed by atoms with E-state index >= 15 is 0 Å². The molecule has 0 saturated carbocycles. The third kappa shape index (κ3) is 2.22. The largest absolute Gasteiger partial charge is 0.493 e. The first-order valence-electron chi connectivity index (χ1n) is 5.61. The fourth-order valence-corrected chi connectivity index (χ4v) is 1.89. The minimum atomic E-state index is 0.525. The van der Waals surface area contributed by atoms with Crippen LogP contribution in [0.5, 0.6) is 11.5 Å². The summed E-state index contributed by atoms with van der Waals surface area (Å²) in [4.78, 5) is 4.25. The number of rotatable bonds is 3. The molecule has 2 rings (SSSR count). The van der Waals surface area contributed by atoms with E-state index in [0.29, 0.717) is 17.3 Å². The number of hydrogen-bond acceptors (Lipinski definition) is 4. The van der Waals surface area contributed by atoms with E-state index in [2.05, 4.69) is 4.98 Å². The SMILES string of the molecule is COc1ccc(-c2ccc(N)nc2C)cc1OC. The summed E-state index contributed by atoms with van der Waals surface area (Å²) in [7, 11) is 3.24. The topological polar surface area (TPSA) is 57.4 Å². The third-order valence-corrected chi connectivity index (χ3v) is 2.80. The molecule has 0 atom stereocenters. The van der Waals surface area contributed by atoms with E-state index in [-0.39, 0.29) is 0 Å². The minimum absolute atomic E-state index is 0.525. The second-order valence-electron chi connectivity index (χ2n) is 3.94. The van der Waals surface area contributed by atoms with Gasteiger partial charge in [-0.2, -0.15) is 0 Å². The maximum absolute atomic E-state index is 5.65. The number of nitrogens with zero attached hydrogens (tertiary/aromatic N) is 1. The summed E-state index contributed by atoms with van der Waals surface area (Å²) in [6, 6.07) is 9.53. The van der Waals surface area contributed by atoms with Crippen LogP contribution < -0.4 is 15.2 Å². The van der Waals surface area contributed by atoms with Crippen molar-refractivity contribution in [2.24, 2.45) is 0 Å². The van der Waals surface area contributed by atoms with E-state index in [1.54, 1.807) is 20.3 Å². The zero-order chi connectivity index (χ0) is 13.1. The van der Waals surface area contributed by atoms with Gasteiger partial charge in [-0.25, -0.2) is 4.98 Å². The number of pyridine rings is 1. The minimum Gasteiger partial charge on any atom is -0.493 e. The lowest BCUT2D eigenvalue weighted by Crippen LogP contribution is -1.95. The van der Waals surface area contributed by atoms with Gasteiger partial charge in [0.05, 0.1) is 14.2 Å². The molecule has 2 N–H and O–H groups in total. The molecule has 0 aliphatic carbocycles. The summed E-state index contributed by atoms with van der Waals surface area (Å²) < 4.78 is 10.5. The van der Waals surface area contributed by atoms with Crippen LogP contribution in [0.15, 0.2) is 30.3 Å². The Kier molecular flexibility index (Phi) is 3.37. The molecule has 1 heterocycles. The number of aromatic nitrogens is 1. The highest BCUT2D eigenvalue weighted by Crippen LogP contribution is 2.33. The Hall–Kier alpha value is -2.23. The molecular formula is C14H16N2O2. The number of benzene rings is 1. The van der Waals surface area contributed by atoms with E-state index in [9.17, 15) is 0 Å². The Balaban J connectivity index is 2.51. The molecule has 0 spiro atoms. The molecule has 0 unspecified atom stereocenters. The quantitative estimate of drug-likeness (QED) is 0.901. The number of nitrogen functional groups attached to an aromatic ring is 1. The molecule has 0 aliphatic heterocycles. The number of hydrogen-bond donors (Lipinski definition) is 1. The van der Waals surface area contributed by atoms with Crippen molar-refractivity contribution in [2.45, 2.75) is 6.92 Å². The number of anilines is 1. The van der Waals surface area contributed by atoms with Crippen molar-refractivity contribution in [2.75, 3.05) is 20.0 Å². The van der Waals surface area contributed by atoms with Crippen LogP contribution in [0.2, 0.25) is 0 Å². The van der Waals surface area contributed by atoms with Crippen molar-refractivity contribution >= 4 is 5.82 Å². The van der Waals surface area contributed by atoms with Gasteiger partial charge in [-0.15, -0.1) is 0 Å². The number of ether oxygens (including phenoxy) is 2.